The average molecular weight is 441 g/mol. The van der Waals surface area contributed by atoms with Crippen LogP contribution in [-0.4, -0.2) is 68.6 Å². The average Bonchev–Trinajstić information content (AvgIpc) is 3.53. The monoisotopic (exact) mass is 440 g/mol. The number of aromatic nitrogens is 5. The molecule has 32 heavy (non-hydrogen) atoms. The van der Waals surface area contributed by atoms with Gasteiger partial charge < -0.3 is 19.9 Å². The lowest BCUT2D eigenvalue weighted by atomic mass is 9.85. The van der Waals surface area contributed by atoms with Crippen LogP contribution in [-0.2, 0) is 9.47 Å². The first-order chi connectivity index (χ1) is 15.6. The molecule has 1 aliphatic carbocycles. The summed E-state index contributed by atoms with van der Waals surface area (Å²) in [5, 5.41) is 22.8. The highest BCUT2D eigenvalue weighted by Crippen LogP contribution is 2.37. The molecule has 2 N–H and O–H groups in total. The Kier molecular flexibility index (Phi) is 6.12. The van der Waals surface area contributed by atoms with E-state index in [0.29, 0.717) is 31.1 Å². The third kappa shape index (κ3) is 4.24. The smallest absolute Gasteiger partial charge is 0.241 e. The maximum absolute atomic E-state index is 10.00. The Bertz CT molecular complexity index is 1050. The fourth-order valence-corrected chi connectivity index (χ4v) is 4.89. The number of nitrogens with one attached hydrogen (secondary N) is 1. The number of methoxy groups -OCH3 is 1. The maximum Gasteiger partial charge on any atom is 0.241 e. The number of ether oxygens (including phenoxy) is 2. The number of aliphatic hydroxyl groups excluding tert-OH is 1. The summed E-state index contributed by atoms with van der Waals surface area (Å²) in [6, 6.07) is 2.64. The van der Waals surface area contributed by atoms with Gasteiger partial charge in [-0.15, -0.1) is 5.10 Å². The van der Waals surface area contributed by atoms with Gasteiger partial charge in [0.25, 0.3) is 0 Å². The van der Waals surface area contributed by atoms with Gasteiger partial charge in [-0.1, -0.05) is 0 Å². The Morgan fingerprint density at radius 3 is 2.84 bits per heavy atom. The molecule has 0 spiro atoms. The summed E-state index contributed by atoms with van der Waals surface area (Å²) in [6.07, 6.45) is 10.3. The Balaban J connectivity index is 1.52. The predicted molar refractivity (Wildman–Crippen MR) is 121 cm³/mol. The van der Waals surface area contributed by atoms with E-state index in [2.05, 4.69) is 27.7 Å². The molecule has 2 atom stereocenters. The van der Waals surface area contributed by atoms with Crippen molar-refractivity contribution in [1.82, 2.24) is 24.4 Å². The van der Waals surface area contributed by atoms with Crippen molar-refractivity contribution in [2.75, 3.05) is 32.2 Å². The van der Waals surface area contributed by atoms with Gasteiger partial charge >= 0.3 is 0 Å². The minimum atomic E-state index is -0.189. The molecule has 1 saturated heterocycles. The zero-order valence-corrected chi connectivity index (χ0v) is 18.8. The van der Waals surface area contributed by atoms with Crippen LogP contribution in [0.2, 0.25) is 0 Å². The molecule has 0 radical (unpaired) electrons. The van der Waals surface area contributed by atoms with Crippen LogP contribution >= 0.6 is 0 Å². The largest absolute Gasteiger partial charge is 0.393 e. The summed E-state index contributed by atoms with van der Waals surface area (Å²) < 4.78 is 14.8. The van der Waals surface area contributed by atoms with E-state index in [9.17, 15) is 5.11 Å². The van der Waals surface area contributed by atoms with Gasteiger partial charge in [0.05, 0.1) is 43.3 Å². The topological polar surface area (TPSA) is 98.7 Å². The summed E-state index contributed by atoms with van der Waals surface area (Å²) in [4.78, 5) is 4.58. The van der Waals surface area contributed by atoms with Gasteiger partial charge in [0.15, 0.2) is 0 Å². The van der Waals surface area contributed by atoms with Crippen molar-refractivity contribution in [3.05, 3.63) is 30.4 Å². The lowest BCUT2D eigenvalue weighted by molar-refractivity contribution is 0.121. The number of rotatable bonds is 7. The third-order valence-corrected chi connectivity index (χ3v) is 6.64. The highest BCUT2D eigenvalue weighted by atomic mass is 16.5. The Hall–Kier alpha value is -2.49. The van der Waals surface area contributed by atoms with Crippen LogP contribution < -0.4 is 5.32 Å². The Morgan fingerprint density at radius 1 is 1.25 bits per heavy atom. The van der Waals surface area contributed by atoms with E-state index >= 15 is 0 Å². The molecule has 1 aliphatic heterocycles. The third-order valence-electron chi connectivity index (χ3n) is 6.64. The van der Waals surface area contributed by atoms with Crippen molar-refractivity contribution < 1.29 is 14.6 Å². The molecule has 2 aliphatic rings. The van der Waals surface area contributed by atoms with Crippen LogP contribution in [0.5, 0.6) is 0 Å². The van der Waals surface area contributed by atoms with Crippen molar-refractivity contribution in [3.63, 3.8) is 0 Å². The molecule has 0 bridgehead atoms. The van der Waals surface area contributed by atoms with Gasteiger partial charge in [0.2, 0.25) is 5.95 Å². The first-order valence-electron chi connectivity index (χ1n) is 11.6. The first-order valence-corrected chi connectivity index (χ1v) is 11.6. The minimum absolute atomic E-state index is 0.104. The second-order valence-corrected chi connectivity index (χ2v) is 9.09. The summed E-state index contributed by atoms with van der Waals surface area (Å²) >= 11 is 0. The van der Waals surface area contributed by atoms with Gasteiger partial charge in [0, 0.05) is 48.7 Å². The molecule has 9 heteroatoms. The Morgan fingerprint density at radius 2 is 2.09 bits per heavy atom. The number of hydrogen-bond donors (Lipinski definition) is 2. The SMILES string of the molecule is COC[C@H](C)Nc1ncc2c(-c3cnn([C@@H]4CCOC4)c3)cc(C3CCC(O)CC3)n2n1. The van der Waals surface area contributed by atoms with Crippen molar-refractivity contribution >= 4 is 11.5 Å². The van der Waals surface area contributed by atoms with Gasteiger partial charge in [0.1, 0.15) is 0 Å². The van der Waals surface area contributed by atoms with Crippen molar-refractivity contribution in [2.45, 2.75) is 63.1 Å². The second-order valence-electron chi connectivity index (χ2n) is 9.09. The van der Waals surface area contributed by atoms with Gasteiger partial charge in [-0.3, -0.25) is 4.68 Å². The molecule has 9 nitrogen and oxygen atoms in total. The molecule has 0 unspecified atom stereocenters. The van der Waals surface area contributed by atoms with Crippen LogP contribution in [0.1, 0.15) is 56.7 Å². The fourth-order valence-electron chi connectivity index (χ4n) is 4.89. The standard InChI is InChI=1S/C23H32N6O3/c1-15(13-31-2)26-23-24-11-22-20(17-10-25-28(12-17)18-7-8-32-14-18)9-21(29(22)27-23)16-3-5-19(30)6-4-16/h9-12,15-16,18-19,30H,3-8,13-14H2,1-2H3,(H,26,27)/t15-,16?,18+,19?/m0/s1. The maximum atomic E-state index is 10.00. The number of aliphatic hydroxyl groups is 1. The molecule has 0 amide bonds. The van der Waals surface area contributed by atoms with Crippen molar-refractivity contribution in [2.24, 2.45) is 0 Å². The van der Waals surface area contributed by atoms with Crippen molar-refractivity contribution in [3.8, 4) is 11.1 Å². The van der Waals surface area contributed by atoms with E-state index in [1.165, 1.54) is 5.69 Å². The number of anilines is 1. The number of nitrogens with zero attached hydrogens (tertiary/aromatic N) is 5. The van der Waals surface area contributed by atoms with Crippen LogP contribution in [0.15, 0.2) is 24.7 Å². The van der Waals surface area contributed by atoms with Crippen LogP contribution in [0, 0.1) is 0 Å². The summed E-state index contributed by atoms with van der Waals surface area (Å²) in [5.41, 5.74) is 4.29. The first kappa shape index (κ1) is 21.4. The van der Waals surface area contributed by atoms with Crippen molar-refractivity contribution in [1.29, 1.82) is 0 Å². The molecule has 3 aromatic rings. The lowest BCUT2D eigenvalue weighted by Gasteiger charge is -2.25. The number of fused-ring (bicyclic) bond motifs is 1. The van der Waals surface area contributed by atoms with Crippen LogP contribution in [0.25, 0.3) is 16.6 Å². The predicted octanol–water partition coefficient (Wildman–Crippen LogP) is 3.02. The van der Waals surface area contributed by atoms with Crippen LogP contribution in [0.3, 0.4) is 0 Å². The van der Waals surface area contributed by atoms with E-state index in [1.807, 2.05) is 28.5 Å². The Labute approximate surface area is 187 Å². The van der Waals surface area contributed by atoms with Gasteiger partial charge in [-0.05, 0) is 45.1 Å². The summed E-state index contributed by atoms with van der Waals surface area (Å²) in [5.74, 6) is 0.942. The highest BCUT2D eigenvalue weighted by molar-refractivity contribution is 5.81. The number of hydrogen-bond acceptors (Lipinski definition) is 7. The van der Waals surface area contributed by atoms with E-state index in [0.717, 1.165) is 55.4 Å². The summed E-state index contributed by atoms with van der Waals surface area (Å²) in [7, 11) is 1.69. The second kappa shape index (κ2) is 9.17. The fraction of sp³-hybridized carbons (Fsp3) is 0.609. The van der Waals surface area contributed by atoms with E-state index in [4.69, 9.17) is 14.6 Å². The highest BCUT2D eigenvalue weighted by Gasteiger charge is 2.26. The minimum Gasteiger partial charge on any atom is -0.393 e. The zero-order chi connectivity index (χ0) is 22.1. The van der Waals surface area contributed by atoms with E-state index in [-0.39, 0.29) is 12.1 Å². The lowest BCUT2D eigenvalue weighted by Crippen LogP contribution is -2.23. The molecule has 3 aromatic heterocycles. The quantitative estimate of drug-likeness (QED) is 0.583. The molecule has 5 rings (SSSR count). The summed E-state index contributed by atoms with van der Waals surface area (Å²) in [6.45, 7) is 4.13. The van der Waals surface area contributed by atoms with E-state index in [1.54, 1.807) is 7.11 Å². The van der Waals surface area contributed by atoms with Crippen LogP contribution in [0.4, 0.5) is 5.95 Å². The van der Waals surface area contributed by atoms with Gasteiger partial charge in [-0.2, -0.15) is 5.10 Å². The zero-order valence-electron chi connectivity index (χ0n) is 18.8. The molecule has 4 heterocycles. The molecule has 1 saturated carbocycles. The molecular weight excluding hydrogens is 408 g/mol. The van der Waals surface area contributed by atoms with Gasteiger partial charge in [-0.25, -0.2) is 9.50 Å². The normalized spacial score (nSPS) is 24.8. The molecular formula is C23H32N6O3. The van der Waals surface area contributed by atoms with E-state index < -0.39 is 0 Å². The molecule has 0 aromatic carbocycles. The molecule has 172 valence electrons. The molecule has 2 fully saturated rings.